The zero-order chi connectivity index (χ0) is 17.5. The molecule has 1 aromatic carbocycles. The highest BCUT2D eigenvalue weighted by atomic mass is 32.1. The molecule has 1 heterocycles. The van der Waals surface area contributed by atoms with E-state index < -0.39 is 5.97 Å². The first-order valence-electron chi connectivity index (χ1n) is 7.25. The summed E-state index contributed by atoms with van der Waals surface area (Å²) in [5, 5.41) is 4.65. The van der Waals surface area contributed by atoms with Gasteiger partial charge in [-0.2, -0.15) is 5.10 Å². The maximum atomic E-state index is 11.6. The Morgan fingerprint density at radius 3 is 2.88 bits per heavy atom. The number of rotatable bonds is 7. The van der Waals surface area contributed by atoms with Crippen LogP contribution in [0.1, 0.15) is 27.9 Å². The minimum absolute atomic E-state index is 0.409. The molecule has 0 bridgehead atoms. The first-order chi connectivity index (χ1) is 11.6. The maximum Gasteiger partial charge on any atom is 0.350 e. The van der Waals surface area contributed by atoms with Gasteiger partial charge in [0.2, 0.25) is 5.13 Å². The second kappa shape index (κ2) is 8.30. The number of hydrogen-bond donors (Lipinski definition) is 1. The number of hydrogen-bond acceptors (Lipinski definition) is 8. The number of nitrogens with zero attached hydrogens (tertiary/aromatic N) is 2. The summed E-state index contributed by atoms with van der Waals surface area (Å²) >= 11 is 1.18. The number of anilines is 1. The van der Waals surface area contributed by atoms with E-state index in [1.165, 1.54) is 18.4 Å². The average molecular weight is 349 g/mol. The molecule has 0 amide bonds. The van der Waals surface area contributed by atoms with Crippen LogP contribution in [0.5, 0.6) is 11.5 Å². The van der Waals surface area contributed by atoms with E-state index in [9.17, 15) is 4.79 Å². The Kier molecular flexibility index (Phi) is 6.14. The molecule has 0 unspecified atom stereocenters. The predicted molar refractivity (Wildman–Crippen MR) is 93.6 cm³/mol. The Bertz CT molecular complexity index is 743. The second-order valence-corrected chi connectivity index (χ2v) is 5.61. The third-order valence-corrected chi connectivity index (χ3v) is 4.09. The molecule has 0 spiro atoms. The van der Waals surface area contributed by atoms with Crippen LogP contribution in [0.3, 0.4) is 0 Å². The molecule has 24 heavy (non-hydrogen) atoms. The van der Waals surface area contributed by atoms with Crippen molar-refractivity contribution in [2.45, 2.75) is 13.8 Å². The Morgan fingerprint density at radius 2 is 2.21 bits per heavy atom. The molecule has 1 N–H and O–H groups in total. The highest BCUT2D eigenvalue weighted by Crippen LogP contribution is 2.30. The van der Waals surface area contributed by atoms with E-state index in [4.69, 9.17) is 14.2 Å². The molecular formula is C16H19N3O4S. The smallest absolute Gasteiger partial charge is 0.350 e. The van der Waals surface area contributed by atoms with E-state index in [1.54, 1.807) is 20.2 Å². The summed E-state index contributed by atoms with van der Waals surface area (Å²) in [5.41, 5.74) is 4.17. The fraction of sp³-hybridized carbons (Fsp3) is 0.312. The van der Waals surface area contributed by atoms with E-state index in [2.05, 4.69) is 15.5 Å². The number of aryl methyl sites for hydroxylation is 1. The van der Waals surface area contributed by atoms with Crippen LogP contribution in [-0.4, -0.2) is 38.0 Å². The van der Waals surface area contributed by atoms with E-state index in [-0.39, 0.29) is 0 Å². The lowest BCUT2D eigenvalue weighted by atomic mass is 10.2. The molecule has 128 valence electrons. The topological polar surface area (TPSA) is 82.0 Å². The SMILES string of the molecule is CCOc1cccc(/C=N\Nc2nc(C)c(C(=O)OC)s2)c1OC. The molecule has 1 aromatic heterocycles. The largest absolute Gasteiger partial charge is 0.492 e. The van der Waals surface area contributed by atoms with Crippen molar-refractivity contribution < 1.29 is 19.0 Å². The maximum absolute atomic E-state index is 11.6. The van der Waals surface area contributed by atoms with E-state index in [0.29, 0.717) is 33.8 Å². The third-order valence-electron chi connectivity index (χ3n) is 3.04. The minimum Gasteiger partial charge on any atom is -0.492 e. The van der Waals surface area contributed by atoms with Gasteiger partial charge in [-0.05, 0) is 26.0 Å². The number of nitrogens with one attached hydrogen (secondary N) is 1. The molecule has 8 heteroatoms. The van der Waals surface area contributed by atoms with Crippen LogP contribution >= 0.6 is 11.3 Å². The molecule has 0 saturated carbocycles. The van der Waals surface area contributed by atoms with Crippen molar-refractivity contribution in [3.63, 3.8) is 0 Å². The fourth-order valence-electron chi connectivity index (χ4n) is 2.01. The Labute approximate surface area is 144 Å². The first-order valence-corrected chi connectivity index (χ1v) is 8.07. The van der Waals surface area contributed by atoms with Gasteiger partial charge in [0.25, 0.3) is 0 Å². The van der Waals surface area contributed by atoms with E-state index in [0.717, 1.165) is 5.56 Å². The van der Waals surface area contributed by atoms with Crippen molar-refractivity contribution in [1.29, 1.82) is 0 Å². The molecule has 2 rings (SSSR count). The molecule has 0 aliphatic carbocycles. The van der Waals surface area contributed by atoms with Gasteiger partial charge < -0.3 is 14.2 Å². The number of para-hydroxylation sites is 1. The predicted octanol–water partition coefficient (Wildman–Crippen LogP) is 3.09. The number of esters is 1. The molecular weight excluding hydrogens is 330 g/mol. The van der Waals surface area contributed by atoms with Gasteiger partial charge in [-0.3, -0.25) is 5.43 Å². The van der Waals surface area contributed by atoms with Crippen LogP contribution in [-0.2, 0) is 4.74 Å². The van der Waals surface area contributed by atoms with Crippen molar-refractivity contribution in [3.8, 4) is 11.5 Å². The van der Waals surface area contributed by atoms with Crippen LogP contribution in [0.25, 0.3) is 0 Å². The van der Waals surface area contributed by atoms with Gasteiger partial charge >= 0.3 is 5.97 Å². The molecule has 2 aromatic rings. The number of carbonyl (C=O) groups excluding carboxylic acids is 1. The van der Waals surface area contributed by atoms with Gasteiger partial charge in [0.1, 0.15) is 4.88 Å². The summed E-state index contributed by atoms with van der Waals surface area (Å²) in [5.74, 6) is 0.852. The molecule has 0 fully saturated rings. The Hall–Kier alpha value is -2.61. The van der Waals surface area contributed by atoms with Gasteiger partial charge in [0, 0.05) is 5.56 Å². The molecule has 0 aliphatic rings. The van der Waals surface area contributed by atoms with Gasteiger partial charge in [0.05, 0.1) is 32.7 Å². The normalized spacial score (nSPS) is 10.7. The number of benzene rings is 1. The lowest BCUT2D eigenvalue weighted by Gasteiger charge is -2.10. The zero-order valence-electron chi connectivity index (χ0n) is 14.0. The summed E-state index contributed by atoms with van der Waals surface area (Å²) in [6, 6.07) is 5.55. The summed E-state index contributed by atoms with van der Waals surface area (Å²) in [7, 11) is 2.92. The van der Waals surface area contributed by atoms with Gasteiger partial charge in [-0.25, -0.2) is 9.78 Å². The lowest BCUT2D eigenvalue weighted by Crippen LogP contribution is -1.99. The highest BCUT2D eigenvalue weighted by Gasteiger charge is 2.15. The Morgan fingerprint density at radius 1 is 1.42 bits per heavy atom. The highest BCUT2D eigenvalue weighted by molar-refractivity contribution is 7.17. The quantitative estimate of drug-likeness (QED) is 0.470. The fourth-order valence-corrected chi connectivity index (χ4v) is 2.84. The van der Waals surface area contributed by atoms with Crippen LogP contribution < -0.4 is 14.9 Å². The molecule has 7 nitrogen and oxygen atoms in total. The Balaban J connectivity index is 2.15. The number of carbonyl (C=O) groups is 1. The van der Waals surface area contributed by atoms with E-state index >= 15 is 0 Å². The van der Waals surface area contributed by atoms with E-state index in [1.807, 2.05) is 25.1 Å². The van der Waals surface area contributed by atoms with Crippen LogP contribution in [0.4, 0.5) is 5.13 Å². The van der Waals surface area contributed by atoms with Crippen LogP contribution in [0, 0.1) is 6.92 Å². The monoisotopic (exact) mass is 349 g/mol. The minimum atomic E-state index is -0.409. The van der Waals surface area contributed by atoms with Crippen molar-refractivity contribution in [3.05, 3.63) is 34.3 Å². The number of thiazole rings is 1. The van der Waals surface area contributed by atoms with Crippen molar-refractivity contribution >= 4 is 28.7 Å². The second-order valence-electron chi connectivity index (χ2n) is 4.61. The average Bonchev–Trinajstić information content (AvgIpc) is 2.95. The summed E-state index contributed by atoms with van der Waals surface area (Å²) in [4.78, 5) is 16.3. The number of aromatic nitrogens is 1. The summed E-state index contributed by atoms with van der Waals surface area (Å²) in [6.07, 6.45) is 1.61. The zero-order valence-corrected chi connectivity index (χ0v) is 14.8. The van der Waals surface area contributed by atoms with Crippen molar-refractivity contribution in [2.24, 2.45) is 5.10 Å². The number of hydrazone groups is 1. The number of ether oxygens (including phenoxy) is 3. The molecule has 0 saturated heterocycles. The van der Waals surface area contributed by atoms with Crippen LogP contribution in [0.15, 0.2) is 23.3 Å². The van der Waals surface area contributed by atoms with Gasteiger partial charge in [-0.1, -0.05) is 17.4 Å². The van der Waals surface area contributed by atoms with Gasteiger partial charge in [-0.15, -0.1) is 0 Å². The molecule has 0 radical (unpaired) electrons. The summed E-state index contributed by atoms with van der Waals surface area (Å²) < 4.78 is 15.6. The molecule has 0 atom stereocenters. The molecule has 0 aliphatic heterocycles. The third kappa shape index (κ3) is 4.02. The van der Waals surface area contributed by atoms with Crippen LogP contribution in [0.2, 0.25) is 0 Å². The van der Waals surface area contributed by atoms with Gasteiger partial charge in [0.15, 0.2) is 11.5 Å². The van der Waals surface area contributed by atoms with Crippen molar-refractivity contribution in [1.82, 2.24) is 4.98 Å². The number of methoxy groups -OCH3 is 2. The standard InChI is InChI=1S/C16H19N3O4S/c1-5-23-12-8-6-7-11(13(12)21-3)9-17-19-16-18-10(2)14(24-16)15(20)22-4/h6-9H,5H2,1-4H3,(H,18,19)/b17-9-. The lowest BCUT2D eigenvalue weighted by molar-refractivity contribution is 0.0605. The summed E-state index contributed by atoms with van der Waals surface area (Å²) in [6.45, 7) is 4.20. The first kappa shape index (κ1) is 17.7. The van der Waals surface area contributed by atoms with Crippen molar-refractivity contribution in [2.75, 3.05) is 26.3 Å².